The normalized spacial score (nSPS) is 67.2. The van der Waals surface area contributed by atoms with Crippen molar-refractivity contribution in [2.75, 3.05) is 6.16 Å². The zero-order valence-corrected chi connectivity index (χ0v) is 4.86. The number of fused-ring (bicyclic) bond motifs is 1. The Morgan fingerprint density at radius 1 is 1.60 bits per heavy atom. The van der Waals surface area contributed by atoms with Crippen molar-refractivity contribution in [3.8, 4) is 0 Å². The zero-order valence-electron chi connectivity index (χ0n) is 2.86. The fourth-order valence-corrected chi connectivity index (χ4v) is 4.70. The second kappa shape index (κ2) is 0.745. The molecule has 0 aromatic rings. The molecule has 2 heteroatoms. The maximum absolute atomic E-state index is 1.60. The summed E-state index contributed by atoms with van der Waals surface area (Å²) in [5.74, 6) is 0. The summed E-state index contributed by atoms with van der Waals surface area (Å²) in [4.78, 5) is 0. The van der Waals surface area contributed by atoms with Gasteiger partial charge in [-0.2, -0.15) is 0 Å². The molecule has 2 fully saturated rings. The molecule has 0 N–H and O–H groups in total. The van der Waals surface area contributed by atoms with E-state index in [1.54, 1.807) is 6.16 Å². The molecule has 4 atom stereocenters. The molecular weight excluding hydrogens is 98.0 g/mol. The van der Waals surface area contributed by atoms with Crippen LogP contribution in [0.3, 0.4) is 0 Å². The molecule has 0 aliphatic carbocycles. The van der Waals surface area contributed by atoms with Gasteiger partial charge >= 0.3 is 0 Å². The fraction of sp³-hybridized carbons (Fsp3) is 1.00. The zero-order chi connectivity index (χ0) is 3.28. The highest BCUT2D eigenvalue weighted by Crippen LogP contribution is 2.69. The molecule has 28 valence electrons. The highest BCUT2D eigenvalue weighted by atomic mass is 31.1. The van der Waals surface area contributed by atoms with Crippen LogP contribution in [0.25, 0.3) is 0 Å². The molecule has 0 aromatic carbocycles. The third-order valence-corrected chi connectivity index (χ3v) is 5.96. The lowest BCUT2D eigenvalue weighted by Gasteiger charge is -2.04. The van der Waals surface area contributed by atoms with Gasteiger partial charge in [-0.15, -0.1) is 17.2 Å². The Morgan fingerprint density at radius 2 is 2.40 bits per heavy atom. The molecule has 0 spiro atoms. The van der Waals surface area contributed by atoms with Gasteiger partial charge in [-0.1, -0.05) is 0 Å². The van der Waals surface area contributed by atoms with Crippen LogP contribution in [0.2, 0.25) is 0 Å². The summed E-state index contributed by atoms with van der Waals surface area (Å²) in [6, 6.07) is 0. The van der Waals surface area contributed by atoms with Crippen LogP contribution in [0.15, 0.2) is 0 Å². The fourth-order valence-electron chi connectivity index (χ4n) is 0.646. The van der Waals surface area contributed by atoms with Crippen molar-refractivity contribution in [1.82, 2.24) is 0 Å². The quantitative estimate of drug-likeness (QED) is 0.403. The molecule has 5 heavy (non-hydrogen) atoms. The van der Waals surface area contributed by atoms with Crippen LogP contribution in [-0.4, -0.2) is 17.2 Å². The average Bonchev–Trinajstić information content (AvgIpc) is 1.74. The third-order valence-electron chi connectivity index (χ3n) is 1.24. The predicted octanol–water partition coefficient (Wildman–Crippen LogP) is 1.07. The molecule has 0 aromatic heterocycles. The minimum absolute atomic E-state index is 1.27. The lowest BCUT2D eigenvalue weighted by Crippen LogP contribution is -2.01. The molecule has 2 saturated heterocycles. The molecule has 0 nitrogen and oxygen atoms in total. The van der Waals surface area contributed by atoms with Gasteiger partial charge in [-0.05, 0) is 11.8 Å². The van der Waals surface area contributed by atoms with Gasteiger partial charge in [0.15, 0.2) is 0 Å². The standard InChI is InChI=1S/C3H6P2/c1-2-3(4-1)5-2/h2-5H,1H2. The highest BCUT2D eigenvalue weighted by Gasteiger charge is 2.44. The van der Waals surface area contributed by atoms with Gasteiger partial charge in [0.2, 0.25) is 0 Å². The van der Waals surface area contributed by atoms with Crippen LogP contribution in [0, 0.1) is 0 Å². The van der Waals surface area contributed by atoms with Gasteiger partial charge in [-0.3, -0.25) is 0 Å². The predicted molar refractivity (Wildman–Crippen MR) is 29.1 cm³/mol. The smallest absolute Gasteiger partial charge is 0.00105 e. The van der Waals surface area contributed by atoms with E-state index in [4.69, 9.17) is 0 Å². The van der Waals surface area contributed by atoms with Crippen LogP contribution in [0.4, 0.5) is 0 Å². The molecule has 2 aliphatic rings. The Labute approximate surface area is 35.3 Å². The van der Waals surface area contributed by atoms with E-state index < -0.39 is 0 Å². The van der Waals surface area contributed by atoms with E-state index in [9.17, 15) is 0 Å². The van der Waals surface area contributed by atoms with Gasteiger partial charge in [0.25, 0.3) is 0 Å². The molecule has 0 radical (unpaired) electrons. The maximum Gasteiger partial charge on any atom is 0.00105 e. The number of rotatable bonds is 0. The molecule has 0 bridgehead atoms. The van der Waals surface area contributed by atoms with Crippen LogP contribution in [0.1, 0.15) is 0 Å². The van der Waals surface area contributed by atoms with Crippen molar-refractivity contribution in [2.45, 2.75) is 11.1 Å². The molecule has 2 heterocycles. The van der Waals surface area contributed by atoms with Crippen molar-refractivity contribution in [1.29, 1.82) is 0 Å². The van der Waals surface area contributed by atoms with E-state index >= 15 is 0 Å². The van der Waals surface area contributed by atoms with E-state index in [1.165, 1.54) is 28.2 Å². The van der Waals surface area contributed by atoms with E-state index in [2.05, 4.69) is 0 Å². The van der Waals surface area contributed by atoms with E-state index in [-0.39, 0.29) is 0 Å². The first kappa shape index (κ1) is 2.94. The SMILES string of the molecule is C1PC2PC12. The van der Waals surface area contributed by atoms with Crippen molar-refractivity contribution in [2.24, 2.45) is 0 Å². The Bertz CT molecular complexity index is 49.9. The number of hydrogen-bond acceptors (Lipinski definition) is 0. The first-order chi connectivity index (χ1) is 2.47. The summed E-state index contributed by atoms with van der Waals surface area (Å²) in [5.41, 5.74) is 1.27. The monoisotopic (exact) mass is 104 g/mol. The topological polar surface area (TPSA) is 0 Å². The minimum Gasteiger partial charge on any atom is -0.113 e. The van der Waals surface area contributed by atoms with Crippen molar-refractivity contribution >= 4 is 17.2 Å². The van der Waals surface area contributed by atoms with Crippen LogP contribution in [-0.2, 0) is 0 Å². The molecule has 2 aliphatic heterocycles. The Hall–Kier alpha value is 0.860. The van der Waals surface area contributed by atoms with Gasteiger partial charge in [0.05, 0.1) is 0 Å². The first-order valence-electron chi connectivity index (χ1n) is 1.96. The second-order valence-electron chi connectivity index (χ2n) is 1.66. The lowest BCUT2D eigenvalue weighted by molar-refractivity contribution is 1.14. The summed E-state index contributed by atoms with van der Waals surface area (Å²) in [6.45, 7) is 0. The Balaban J connectivity index is 2.19. The summed E-state index contributed by atoms with van der Waals surface area (Å²) >= 11 is 0. The lowest BCUT2D eigenvalue weighted by atomic mass is 10.5. The largest absolute Gasteiger partial charge is 0.113 e. The van der Waals surface area contributed by atoms with Crippen LogP contribution < -0.4 is 0 Å². The van der Waals surface area contributed by atoms with Crippen LogP contribution in [0.5, 0.6) is 0 Å². The first-order valence-corrected chi connectivity index (χ1v) is 4.40. The van der Waals surface area contributed by atoms with Crippen LogP contribution >= 0.6 is 17.2 Å². The Kier molecular flexibility index (Phi) is 0.438. The second-order valence-corrected chi connectivity index (χ2v) is 5.37. The summed E-state index contributed by atoms with van der Waals surface area (Å²) in [7, 11) is 2.79. The van der Waals surface area contributed by atoms with Crippen molar-refractivity contribution in [3.63, 3.8) is 0 Å². The van der Waals surface area contributed by atoms with E-state index in [0.29, 0.717) is 0 Å². The van der Waals surface area contributed by atoms with Gasteiger partial charge in [0.1, 0.15) is 0 Å². The summed E-state index contributed by atoms with van der Waals surface area (Å²) < 4.78 is 0. The molecular formula is C3H6P2. The maximum atomic E-state index is 1.60. The van der Waals surface area contributed by atoms with Gasteiger partial charge < -0.3 is 0 Å². The minimum atomic E-state index is 1.27. The van der Waals surface area contributed by atoms with Crippen molar-refractivity contribution in [3.05, 3.63) is 0 Å². The summed E-state index contributed by atoms with van der Waals surface area (Å²) in [6.07, 6.45) is 1.60. The van der Waals surface area contributed by atoms with Gasteiger partial charge in [-0.25, -0.2) is 0 Å². The summed E-state index contributed by atoms with van der Waals surface area (Å²) in [5, 5.41) is 1.29. The number of hydrogen-bond donors (Lipinski definition) is 0. The van der Waals surface area contributed by atoms with E-state index in [0.717, 1.165) is 0 Å². The average molecular weight is 104 g/mol. The molecule has 0 amide bonds. The van der Waals surface area contributed by atoms with E-state index in [1.807, 2.05) is 0 Å². The van der Waals surface area contributed by atoms with Gasteiger partial charge in [0, 0.05) is 5.40 Å². The Morgan fingerprint density at radius 3 is 2.40 bits per heavy atom. The third kappa shape index (κ3) is 0.283. The molecule has 4 unspecified atom stereocenters. The highest BCUT2D eigenvalue weighted by molar-refractivity contribution is 7.71. The molecule has 2 rings (SSSR count). The van der Waals surface area contributed by atoms with Crippen molar-refractivity contribution < 1.29 is 0 Å². The molecule has 0 saturated carbocycles.